The third kappa shape index (κ3) is 5.16. The van der Waals surface area contributed by atoms with E-state index in [0.717, 1.165) is 5.56 Å². The van der Waals surface area contributed by atoms with Crippen molar-refractivity contribution in [2.24, 2.45) is 0 Å². The first-order valence-corrected chi connectivity index (χ1v) is 8.04. The van der Waals surface area contributed by atoms with E-state index < -0.39 is 23.9 Å². The predicted molar refractivity (Wildman–Crippen MR) is 95.9 cm³/mol. The first-order valence-electron chi connectivity index (χ1n) is 8.04. The average molecular weight is 366 g/mol. The van der Waals surface area contributed by atoms with Gasteiger partial charge in [0.15, 0.2) is 0 Å². The summed E-state index contributed by atoms with van der Waals surface area (Å²) < 4.78 is 9.40. The van der Waals surface area contributed by atoms with E-state index in [4.69, 9.17) is 10.00 Å². The minimum Gasteiger partial charge on any atom is -0.467 e. The second kappa shape index (κ2) is 9.15. The Kier molecular flexibility index (Phi) is 6.67. The van der Waals surface area contributed by atoms with Crippen molar-refractivity contribution in [1.29, 1.82) is 5.26 Å². The van der Waals surface area contributed by atoms with Crippen molar-refractivity contribution in [3.05, 3.63) is 70.8 Å². The van der Waals surface area contributed by atoms with Crippen LogP contribution in [-0.4, -0.2) is 38.1 Å². The zero-order chi connectivity index (χ0) is 19.8. The monoisotopic (exact) mass is 366 g/mol. The Hall–Kier alpha value is -3.66. The number of benzene rings is 2. The van der Waals surface area contributed by atoms with E-state index in [1.54, 1.807) is 30.3 Å². The molecule has 27 heavy (non-hydrogen) atoms. The van der Waals surface area contributed by atoms with Crippen LogP contribution in [0.1, 0.15) is 31.8 Å². The van der Waals surface area contributed by atoms with Gasteiger partial charge in [0.1, 0.15) is 6.04 Å². The lowest BCUT2D eigenvalue weighted by Gasteiger charge is -2.17. The summed E-state index contributed by atoms with van der Waals surface area (Å²) in [5.74, 6) is -1.69. The lowest BCUT2D eigenvalue weighted by Crippen LogP contribution is -2.43. The zero-order valence-corrected chi connectivity index (χ0v) is 14.9. The number of nitrogens with zero attached hydrogens (tertiary/aromatic N) is 1. The predicted octanol–water partition coefficient (Wildman–Crippen LogP) is 1.86. The number of ether oxygens (including phenoxy) is 2. The average Bonchev–Trinajstić information content (AvgIpc) is 2.72. The fourth-order valence-electron chi connectivity index (χ4n) is 2.43. The number of hydrogen-bond donors (Lipinski definition) is 1. The molecule has 0 saturated carbocycles. The van der Waals surface area contributed by atoms with E-state index >= 15 is 0 Å². The summed E-state index contributed by atoms with van der Waals surface area (Å²) in [4.78, 5) is 36.2. The Bertz CT molecular complexity index is 884. The van der Waals surface area contributed by atoms with Gasteiger partial charge in [-0.25, -0.2) is 9.59 Å². The van der Waals surface area contributed by atoms with Crippen molar-refractivity contribution in [2.45, 2.75) is 12.5 Å². The van der Waals surface area contributed by atoms with E-state index in [0.29, 0.717) is 5.56 Å². The van der Waals surface area contributed by atoms with E-state index in [1.807, 2.05) is 6.07 Å². The number of esters is 2. The van der Waals surface area contributed by atoms with Gasteiger partial charge in [-0.2, -0.15) is 5.26 Å². The van der Waals surface area contributed by atoms with E-state index in [2.05, 4.69) is 10.1 Å². The minimum atomic E-state index is -0.919. The Morgan fingerprint density at radius 2 is 1.70 bits per heavy atom. The van der Waals surface area contributed by atoms with E-state index in [1.165, 1.54) is 32.4 Å². The maximum atomic E-state index is 12.5. The molecule has 2 aromatic rings. The SMILES string of the molecule is COC(=O)c1cccc(C(=O)N[C@@H](Cc2ccc(C#N)cc2)C(=O)OC)c1. The summed E-state index contributed by atoms with van der Waals surface area (Å²) in [6.07, 6.45) is 0.195. The van der Waals surface area contributed by atoms with E-state index in [9.17, 15) is 14.4 Å². The molecule has 1 N–H and O–H groups in total. The van der Waals surface area contributed by atoms with Gasteiger partial charge in [-0.3, -0.25) is 4.79 Å². The maximum absolute atomic E-state index is 12.5. The summed E-state index contributed by atoms with van der Waals surface area (Å²) in [5.41, 5.74) is 1.70. The van der Waals surface area contributed by atoms with Crippen molar-refractivity contribution in [3.8, 4) is 6.07 Å². The van der Waals surface area contributed by atoms with Gasteiger partial charge in [0, 0.05) is 12.0 Å². The number of hydrogen-bond acceptors (Lipinski definition) is 6. The molecular weight excluding hydrogens is 348 g/mol. The van der Waals surface area contributed by atoms with Crippen molar-refractivity contribution in [1.82, 2.24) is 5.32 Å². The molecular formula is C20H18N2O5. The highest BCUT2D eigenvalue weighted by Gasteiger charge is 2.23. The normalized spacial score (nSPS) is 11.0. The molecule has 0 aromatic heterocycles. The molecule has 2 rings (SSSR count). The van der Waals surface area contributed by atoms with Gasteiger partial charge in [-0.1, -0.05) is 18.2 Å². The topological polar surface area (TPSA) is 105 Å². The van der Waals surface area contributed by atoms with Crippen LogP contribution in [0.4, 0.5) is 0 Å². The fraction of sp³-hybridized carbons (Fsp3) is 0.200. The number of nitrogens with one attached hydrogen (secondary N) is 1. The summed E-state index contributed by atoms with van der Waals surface area (Å²) in [7, 11) is 2.48. The highest BCUT2D eigenvalue weighted by molar-refractivity contribution is 5.99. The molecule has 0 spiro atoms. The van der Waals surface area contributed by atoms with Crippen LogP contribution in [0.5, 0.6) is 0 Å². The highest BCUT2D eigenvalue weighted by Crippen LogP contribution is 2.10. The van der Waals surface area contributed by atoms with Gasteiger partial charge in [0.05, 0.1) is 31.4 Å². The number of carbonyl (C=O) groups excluding carboxylic acids is 3. The molecule has 138 valence electrons. The molecule has 0 bridgehead atoms. The largest absolute Gasteiger partial charge is 0.467 e. The molecule has 0 fully saturated rings. The Balaban J connectivity index is 2.17. The number of rotatable bonds is 6. The van der Waals surface area contributed by atoms with Gasteiger partial charge in [-0.05, 0) is 35.9 Å². The molecule has 0 unspecified atom stereocenters. The van der Waals surface area contributed by atoms with Crippen molar-refractivity contribution in [2.75, 3.05) is 14.2 Å². The third-order valence-electron chi connectivity index (χ3n) is 3.86. The van der Waals surface area contributed by atoms with Crippen LogP contribution in [0.2, 0.25) is 0 Å². The molecule has 7 heteroatoms. The molecule has 0 aliphatic heterocycles. The van der Waals surface area contributed by atoms with Gasteiger partial charge in [-0.15, -0.1) is 0 Å². The minimum absolute atomic E-state index is 0.195. The quantitative estimate of drug-likeness (QED) is 0.782. The lowest BCUT2D eigenvalue weighted by atomic mass is 10.0. The molecule has 0 aliphatic rings. The number of nitriles is 1. The Morgan fingerprint density at radius 3 is 2.30 bits per heavy atom. The fourth-order valence-corrected chi connectivity index (χ4v) is 2.43. The third-order valence-corrected chi connectivity index (χ3v) is 3.86. The number of carbonyl (C=O) groups is 3. The van der Waals surface area contributed by atoms with Gasteiger partial charge >= 0.3 is 11.9 Å². The van der Waals surface area contributed by atoms with Gasteiger partial charge in [0.2, 0.25) is 0 Å². The summed E-state index contributed by atoms with van der Waals surface area (Å²) in [6, 6.07) is 13.8. The smallest absolute Gasteiger partial charge is 0.337 e. The van der Waals surface area contributed by atoms with Crippen LogP contribution >= 0.6 is 0 Å². The molecule has 7 nitrogen and oxygen atoms in total. The molecule has 0 aliphatic carbocycles. The maximum Gasteiger partial charge on any atom is 0.337 e. The Labute approximate surface area is 156 Å². The summed E-state index contributed by atoms with van der Waals surface area (Å²) in [6.45, 7) is 0. The molecule has 1 atom stereocenters. The van der Waals surface area contributed by atoms with Crippen molar-refractivity contribution < 1.29 is 23.9 Å². The Morgan fingerprint density at radius 1 is 1.04 bits per heavy atom. The van der Waals surface area contributed by atoms with Crippen LogP contribution in [0.25, 0.3) is 0 Å². The van der Waals surface area contributed by atoms with Crippen LogP contribution in [-0.2, 0) is 20.7 Å². The standard InChI is InChI=1S/C20H18N2O5/c1-26-19(24)16-5-3-4-15(11-16)18(23)22-17(20(25)27-2)10-13-6-8-14(12-21)9-7-13/h3-9,11,17H,10H2,1-2H3,(H,22,23)/t17-/m0/s1. The summed E-state index contributed by atoms with van der Waals surface area (Å²) in [5, 5.41) is 11.5. The van der Waals surface area contributed by atoms with Crippen LogP contribution < -0.4 is 5.32 Å². The van der Waals surface area contributed by atoms with Crippen molar-refractivity contribution >= 4 is 17.8 Å². The van der Waals surface area contributed by atoms with Crippen LogP contribution in [0.15, 0.2) is 48.5 Å². The lowest BCUT2D eigenvalue weighted by molar-refractivity contribution is -0.142. The zero-order valence-electron chi connectivity index (χ0n) is 14.9. The molecule has 0 heterocycles. The number of amides is 1. The van der Waals surface area contributed by atoms with Crippen molar-refractivity contribution in [3.63, 3.8) is 0 Å². The highest BCUT2D eigenvalue weighted by atomic mass is 16.5. The van der Waals surface area contributed by atoms with Gasteiger partial charge in [0.25, 0.3) is 5.91 Å². The first-order chi connectivity index (χ1) is 13.0. The van der Waals surface area contributed by atoms with E-state index in [-0.39, 0.29) is 17.5 Å². The molecule has 2 aromatic carbocycles. The number of methoxy groups -OCH3 is 2. The second-order valence-electron chi connectivity index (χ2n) is 5.63. The van der Waals surface area contributed by atoms with Gasteiger partial charge < -0.3 is 14.8 Å². The molecule has 1 amide bonds. The van der Waals surface area contributed by atoms with Crippen LogP contribution in [0, 0.1) is 11.3 Å². The molecule has 0 saturated heterocycles. The molecule has 0 radical (unpaired) electrons. The first kappa shape index (κ1) is 19.7. The summed E-state index contributed by atoms with van der Waals surface area (Å²) >= 11 is 0. The van der Waals surface area contributed by atoms with Crippen LogP contribution in [0.3, 0.4) is 0 Å². The second-order valence-corrected chi connectivity index (χ2v) is 5.63.